The van der Waals surface area contributed by atoms with Crippen molar-refractivity contribution in [1.82, 2.24) is 4.86 Å². The van der Waals surface area contributed by atoms with Crippen LogP contribution < -0.4 is 4.86 Å². The summed E-state index contributed by atoms with van der Waals surface area (Å²) in [5.74, 6) is 0. The SMILES string of the molecule is CC(C)(C)P(O)(=S)N[PH](O)=S. The Labute approximate surface area is 77.9 Å². The first-order valence-electron chi connectivity index (χ1n) is 3.01. The Morgan fingerprint density at radius 2 is 1.82 bits per heavy atom. The summed E-state index contributed by atoms with van der Waals surface area (Å²) in [6.45, 7) is 5.46. The van der Waals surface area contributed by atoms with E-state index in [0.717, 1.165) is 0 Å². The van der Waals surface area contributed by atoms with Crippen molar-refractivity contribution in [3.63, 3.8) is 0 Å². The van der Waals surface area contributed by atoms with Crippen LogP contribution >= 0.6 is 13.5 Å². The standard InChI is InChI=1S/C4H13NO2P2S2/c1-4(2,3)9(7,11)5-8(6)10/h8H,1-3H3,(H3,5,6,7,10,11). The van der Waals surface area contributed by atoms with E-state index in [1.165, 1.54) is 0 Å². The quantitative estimate of drug-likeness (QED) is 0.625. The summed E-state index contributed by atoms with van der Waals surface area (Å²) in [7, 11) is -2.05. The average Bonchev–Trinajstić information content (AvgIpc) is 1.56. The van der Waals surface area contributed by atoms with Crippen LogP contribution in [0.5, 0.6) is 0 Å². The van der Waals surface area contributed by atoms with Gasteiger partial charge in [0.05, 0.1) is 0 Å². The van der Waals surface area contributed by atoms with Gasteiger partial charge in [-0.1, -0.05) is 32.6 Å². The van der Waals surface area contributed by atoms with Crippen LogP contribution in [0.2, 0.25) is 0 Å². The van der Waals surface area contributed by atoms with Crippen LogP contribution in [0.4, 0.5) is 0 Å². The Balaban J connectivity index is 4.49. The molecule has 0 bridgehead atoms. The molecule has 0 aromatic carbocycles. The van der Waals surface area contributed by atoms with Crippen molar-refractivity contribution >= 4 is 37.1 Å². The highest BCUT2D eigenvalue weighted by Crippen LogP contribution is 2.53. The smallest absolute Gasteiger partial charge is 0.137 e. The van der Waals surface area contributed by atoms with Crippen molar-refractivity contribution < 1.29 is 9.79 Å². The molecule has 0 saturated carbocycles. The average molecular weight is 233 g/mol. The molecule has 11 heavy (non-hydrogen) atoms. The zero-order valence-electron chi connectivity index (χ0n) is 6.66. The van der Waals surface area contributed by atoms with Crippen LogP contribution in [0.1, 0.15) is 20.8 Å². The maximum absolute atomic E-state index is 9.64. The normalized spacial score (nSPS) is 20.8. The summed E-state index contributed by atoms with van der Waals surface area (Å²) in [5.41, 5.74) is 0. The minimum absolute atomic E-state index is 0.403. The van der Waals surface area contributed by atoms with Gasteiger partial charge in [0.25, 0.3) is 0 Å². The molecular formula is C4H13NO2P2S2. The highest BCUT2D eigenvalue weighted by molar-refractivity contribution is 8.16. The third kappa shape index (κ3) is 4.09. The first-order valence-corrected chi connectivity index (χ1v) is 8.34. The fraction of sp³-hybridized carbons (Fsp3) is 1.00. The second kappa shape index (κ2) is 3.93. The molecule has 68 valence electrons. The lowest BCUT2D eigenvalue weighted by Crippen LogP contribution is -2.20. The summed E-state index contributed by atoms with van der Waals surface area (Å²) in [6.07, 6.45) is -2.66. The lowest BCUT2D eigenvalue weighted by molar-refractivity contribution is 0.564. The van der Waals surface area contributed by atoms with Crippen LogP contribution in [0.25, 0.3) is 0 Å². The Kier molecular flexibility index (Phi) is 4.35. The zero-order valence-corrected chi connectivity index (χ0v) is 10.2. The van der Waals surface area contributed by atoms with Crippen molar-refractivity contribution in [2.45, 2.75) is 25.9 Å². The zero-order chi connectivity index (χ0) is 9.28. The molecular weight excluding hydrogens is 220 g/mol. The summed E-state index contributed by atoms with van der Waals surface area (Å²) < 4.78 is 0. The van der Waals surface area contributed by atoms with E-state index in [4.69, 9.17) is 16.7 Å². The minimum atomic E-state index is -2.66. The molecule has 0 radical (unpaired) electrons. The van der Waals surface area contributed by atoms with Gasteiger partial charge in [0.15, 0.2) is 0 Å². The summed E-state index contributed by atoms with van der Waals surface area (Å²) in [5, 5.41) is -0.403. The molecule has 0 aromatic heterocycles. The van der Waals surface area contributed by atoms with Gasteiger partial charge in [-0.05, 0) is 11.8 Å². The third-order valence-corrected chi connectivity index (χ3v) is 8.24. The van der Waals surface area contributed by atoms with Crippen LogP contribution in [0.15, 0.2) is 0 Å². The molecule has 7 heteroatoms. The van der Waals surface area contributed by atoms with Crippen LogP contribution in [0.3, 0.4) is 0 Å². The molecule has 3 nitrogen and oxygen atoms in total. The van der Waals surface area contributed by atoms with Crippen LogP contribution in [-0.4, -0.2) is 14.9 Å². The molecule has 0 aliphatic heterocycles. The van der Waals surface area contributed by atoms with Crippen LogP contribution in [-0.2, 0) is 23.6 Å². The molecule has 0 fully saturated rings. The predicted octanol–water partition coefficient (Wildman–Crippen LogP) is 1.17. The van der Waals surface area contributed by atoms with E-state index in [1.54, 1.807) is 0 Å². The Bertz CT molecular complexity index is 213. The maximum Gasteiger partial charge on any atom is 0.137 e. The topological polar surface area (TPSA) is 52.5 Å². The first kappa shape index (κ1) is 12.2. The fourth-order valence-corrected chi connectivity index (χ4v) is 5.16. The second-order valence-electron chi connectivity index (χ2n) is 3.16. The molecule has 0 aliphatic rings. The van der Waals surface area contributed by atoms with E-state index in [1.807, 2.05) is 20.8 Å². The van der Waals surface area contributed by atoms with Gasteiger partial charge >= 0.3 is 0 Å². The highest BCUT2D eigenvalue weighted by Gasteiger charge is 2.29. The van der Waals surface area contributed by atoms with Gasteiger partial charge in [-0.3, -0.25) is 0 Å². The molecule has 2 unspecified atom stereocenters. The van der Waals surface area contributed by atoms with E-state index in [0.29, 0.717) is 0 Å². The summed E-state index contributed by atoms with van der Waals surface area (Å²) >= 11 is 9.45. The Morgan fingerprint density at radius 1 is 1.45 bits per heavy atom. The predicted molar refractivity (Wildman–Crippen MR) is 57.3 cm³/mol. The van der Waals surface area contributed by atoms with Gasteiger partial charge in [0.1, 0.15) is 13.5 Å². The van der Waals surface area contributed by atoms with Gasteiger partial charge < -0.3 is 9.79 Å². The molecule has 0 aliphatic carbocycles. The minimum Gasteiger partial charge on any atom is -0.356 e. The lowest BCUT2D eigenvalue weighted by Gasteiger charge is -2.29. The van der Waals surface area contributed by atoms with Gasteiger partial charge in [-0.15, -0.1) is 0 Å². The highest BCUT2D eigenvalue weighted by atomic mass is 32.5. The Hall–Kier alpha value is 1.18. The number of hydrogen-bond acceptors (Lipinski definition) is 2. The molecule has 0 aromatic rings. The summed E-state index contributed by atoms with van der Waals surface area (Å²) in [4.78, 5) is 21.0. The largest absolute Gasteiger partial charge is 0.356 e. The third-order valence-electron chi connectivity index (χ3n) is 1.16. The van der Waals surface area contributed by atoms with E-state index < -0.39 is 18.6 Å². The van der Waals surface area contributed by atoms with Crippen molar-refractivity contribution in [1.29, 1.82) is 0 Å². The second-order valence-corrected chi connectivity index (χ2v) is 9.91. The van der Waals surface area contributed by atoms with E-state index in [9.17, 15) is 4.89 Å². The number of rotatable bonds is 2. The molecule has 0 rings (SSSR count). The summed E-state index contributed by atoms with van der Waals surface area (Å²) in [6, 6.07) is 0. The van der Waals surface area contributed by atoms with E-state index in [2.05, 4.69) is 16.7 Å². The molecule has 3 N–H and O–H groups in total. The van der Waals surface area contributed by atoms with Crippen molar-refractivity contribution in [3.8, 4) is 0 Å². The van der Waals surface area contributed by atoms with Gasteiger partial charge in [-0.25, -0.2) is 4.86 Å². The van der Waals surface area contributed by atoms with Crippen molar-refractivity contribution in [2.24, 2.45) is 0 Å². The molecule has 0 heterocycles. The van der Waals surface area contributed by atoms with E-state index in [-0.39, 0.29) is 0 Å². The van der Waals surface area contributed by atoms with Gasteiger partial charge in [0.2, 0.25) is 0 Å². The Morgan fingerprint density at radius 3 is 1.91 bits per heavy atom. The molecule has 0 amide bonds. The fourth-order valence-electron chi connectivity index (χ4n) is 0.297. The molecule has 0 saturated heterocycles. The van der Waals surface area contributed by atoms with Gasteiger partial charge in [-0.2, -0.15) is 0 Å². The lowest BCUT2D eigenvalue weighted by atomic mass is 10.3. The van der Waals surface area contributed by atoms with E-state index >= 15 is 0 Å². The van der Waals surface area contributed by atoms with Crippen molar-refractivity contribution in [3.05, 3.63) is 0 Å². The maximum atomic E-state index is 9.64. The monoisotopic (exact) mass is 233 g/mol. The first-order chi connectivity index (χ1) is 4.67. The van der Waals surface area contributed by atoms with Crippen LogP contribution in [0, 0.1) is 0 Å². The number of nitrogens with one attached hydrogen (secondary N) is 1. The van der Waals surface area contributed by atoms with Gasteiger partial charge in [0, 0.05) is 5.16 Å². The molecule has 0 spiro atoms. The molecule has 2 atom stereocenters. The number of hydrogen-bond donors (Lipinski definition) is 3. The van der Waals surface area contributed by atoms with Crippen molar-refractivity contribution in [2.75, 3.05) is 0 Å².